The van der Waals surface area contributed by atoms with E-state index in [0.29, 0.717) is 6.54 Å². The van der Waals surface area contributed by atoms with Crippen molar-refractivity contribution in [3.05, 3.63) is 29.8 Å². The highest BCUT2D eigenvalue weighted by Crippen LogP contribution is 2.20. The van der Waals surface area contributed by atoms with Crippen molar-refractivity contribution >= 4 is 11.8 Å². The first kappa shape index (κ1) is 18.3. The highest BCUT2D eigenvalue weighted by Gasteiger charge is 2.22. The number of carbonyl (C=O) groups is 1. The van der Waals surface area contributed by atoms with Crippen LogP contribution in [0.25, 0.3) is 0 Å². The van der Waals surface area contributed by atoms with E-state index in [-0.39, 0.29) is 6.04 Å². The molecule has 1 amide bonds. The molecule has 0 fully saturated rings. The van der Waals surface area contributed by atoms with Crippen LogP contribution in [0.2, 0.25) is 0 Å². The second-order valence-corrected chi connectivity index (χ2v) is 7.03. The van der Waals surface area contributed by atoms with E-state index in [2.05, 4.69) is 10.6 Å². The average molecular weight is 308 g/mol. The fourth-order valence-corrected chi connectivity index (χ4v) is 1.71. The van der Waals surface area contributed by atoms with E-state index in [1.54, 1.807) is 13.8 Å². The van der Waals surface area contributed by atoms with E-state index in [1.165, 1.54) is 0 Å². The molecule has 0 bridgehead atoms. The minimum Gasteiger partial charge on any atom is -0.444 e. The third-order valence-corrected chi connectivity index (χ3v) is 3.27. The van der Waals surface area contributed by atoms with Crippen molar-refractivity contribution in [3.63, 3.8) is 0 Å². The topological polar surface area (TPSA) is 70.6 Å². The molecule has 1 aromatic rings. The third-order valence-electron chi connectivity index (χ3n) is 3.27. The molecule has 0 heterocycles. The molecule has 1 unspecified atom stereocenters. The fourth-order valence-electron chi connectivity index (χ4n) is 1.71. The maximum absolute atomic E-state index is 11.7. The van der Waals surface area contributed by atoms with Crippen LogP contribution in [-0.2, 0) is 11.3 Å². The van der Waals surface area contributed by atoms with Crippen LogP contribution in [0.5, 0.6) is 0 Å². The number of carbonyl (C=O) groups excluding carboxylic acids is 1. The average Bonchev–Trinajstić information content (AvgIpc) is 2.34. The molecule has 0 aliphatic carbocycles. The molecule has 0 aliphatic rings. The normalized spacial score (nSPS) is 13.4. The molecular weight excluding hydrogens is 280 g/mol. The predicted molar refractivity (Wildman–Crippen MR) is 88.9 cm³/mol. The van der Waals surface area contributed by atoms with Crippen molar-refractivity contribution in [2.45, 2.75) is 65.3 Å². The van der Waals surface area contributed by atoms with Crippen LogP contribution in [0.15, 0.2) is 24.3 Å². The number of anilines is 1. The largest absolute Gasteiger partial charge is 0.444 e. The molecule has 0 saturated carbocycles. The fraction of sp³-hybridized carbons (Fsp3) is 0.588. The van der Waals surface area contributed by atoms with Crippen LogP contribution >= 0.6 is 0 Å². The van der Waals surface area contributed by atoms with Crippen molar-refractivity contribution in [3.8, 4) is 0 Å². The Kier molecular flexibility index (Phi) is 5.83. The van der Waals surface area contributed by atoms with Gasteiger partial charge in [0.25, 0.3) is 0 Å². The number of benzene rings is 1. The second kappa shape index (κ2) is 7.01. The molecule has 5 nitrogen and oxygen atoms in total. The minimum atomic E-state index is -0.842. The van der Waals surface area contributed by atoms with Crippen molar-refractivity contribution in [2.24, 2.45) is 0 Å². The van der Waals surface area contributed by atoms with Gasteiger partial charge < -0.3 is 20.5 Å². The zero-order chi connectivity index (χ0) is 17.0. The van der Waals surface area contributed by atoms with Gasteiger partial charge in [-0.2, -0.15) is 0 Å². The van der Waals surface area contributed by atoms with Gasteiger partial charge in [-0.1, -0.05) is 18.2 Å². The molecular formula is C17H28N2O3. The summed E-state index contributed by atoms with van der Waals surface area (Å²) in [7, 11) is 0. The molecule has 5 heteroatoms. The van der Waals surface area contributed by atoms with E-state index in [1.807, 2.05) is 52.0 Å². The quantitative estimate of drug-likeness (QED) is 0.780. The number of ether oxygens (including phenoxy) is 1. The summed E-state index contributed by atoms with van der Waals surface area (Å²) in [6, 6.07) is 7.54. The molecule has 3 N–H and O–H groups in total. The summed E-state index contributed by atoms with van der Waals surface area (Å²) in [5.41, 5.74) is 0.459. The molecule has 0 aliphatic heterocycles. The van der Waals surface area contributed by atoms with Crippen LogP contribution in [0, 0.1) is 0 Å². The third kappa shape index (κ3) is 6.35. The first-order chi connectivity index (χ1) is 9.99. The number of rotatable bonds is 5. The van der Waals surface area contributed by atoms with Gasteiger partial charge in [0.1, 0.15) is 5.60 Å². The van der Waals surface area contributed by atoms with E-state index in [9.17, 15) is 9.90 Å². The molecule has 0 spiro atoms. The Morgan fingerprint density at radius 1 is 1.23 bits per heavy atom. The molecule has 1 aromatic carbocycles. The summed E-state index contributed by atoms with van der Waals surface area (Å²) < 4.78 is 5.22. The lowest BCUT2D eigenvalue weighted by molar-refractivity contribution is 0.0522. The van der Waals surface area contributed by atoms with Gasteiger partial charge in [0.15, 0.2) is 0 Å². The van der Waals surface area contributed by atoms with Crippen LogP contribution in [0.1, 0.15) is 47.1 Å². The monoisotopic (exact) mass is 308 g/mol. The zero-order valence-corrected chi connectivity index (χ0v) is 14.4. The maximum Gasteiger partial charge on any atom is 0.407 e. The van der Waals surface area contributed by atoms with Crippen molar-refractivity contribution < 1.29 is 14.6 Å². The Labute approximate surface area is 133 Å². The van der Waals surface area contributed by atoms with Gasteiger partial charge in [-0.15, -0.1) is 0 Å². The SMILES string of the molecule is CC(Nc1ccccc1CNC(=O)OC(C)(C)C)C(C)(C)O. The van der Waals surface area contributed by atoms with Gasteiger partial charge in [-0.05, 0) is 53.2 Å². The number of para-hydroxylation sites is 1. The van der Waals surface area contributed by atoms with Gasteiger partial charge in [-0.25, -0.2) is 4.79 Å². The van der Waals surface area contributed by atoms with E-state index in [4.69, 9.17) is 4.74 Å². The highest BCUT2D eigenvalue weighted by molar-refractivity contribution is 5.68. The second-order valence-electron chi connectivity index (χ2n) is 7.03. The molecule has 1 rings (SSSR count). The standard InChI is InChI=1S/C17H28N2O3/c1-12(17(5,6)21)19-14-10-8-7-9-13(14)11-18-15(20)22-16(2,3)4/h7-10,12,19,21H,11H2,1-6H3,(H,18,20). The minimum absolute atomic E-state index is 0.129. The Hall–Kier alpha value is -1.75. The van der Waals surface area contributed by atoms with Crippen molar-refractivity contribution in [2.75, 3.05) is 5.32 Å². The van der Waals surface area contributed by atoms with Gasteiger partial charge >= 0.3 is 6.09 Å². The summed E-state index contributed by atoms with van der Waals surface area (Å²) >= 11 is 0. The Bertz CT molecular complexity index is 501. The zero-order valence-electron chi connectivity index (χ0n) is 14.4. The number of aliphatic hydroxyl groups is 1. The van der Waals surface area contributed by atoms with Gasteiger partial charge in [0, 0.05) is 12.2 Å². The maximum atomic E-state index is 11.7. The lowest BCUT2D eigenvalue weighted by Gasteiger charge is -2.28. The van der Waals surface area contributed by atoms with Crippen LogP contribution < -0.4 is 10.6 Å². The molecule has 0 radical (unpaired) electrons. The lowest BCUT2D eigenvalue weighted by Crippen LogP contribution is -2.39. The van der Waals surface area contributed by atoms with Crippen LogP contribution in [0.4, 0.5) is 10.5 Å². The summed E-state index contributed by atoms with van der Waals surface area (Å²) in [6.07, 6.45) is -0.446. The Morgan fingerprint density at radius 3 is 2.36 bits per heavy atom. The highest BCUT2D eigenvalue weighted by atomic mass is 16.6. The molecule has 1 atom stereocenters. The van der Waals surface area contributed by atoms with Crippen LogP contribution in [-0.4, -0.2) is 28.4 Å². The van der Waals surface area contributed by atoms with Crippen LogP contribution in [0.3, 0.4) is 0 Å². The van der Waals surface area contributed by atoms with E-state index in [0.717, 1.165) is 11.3 Å². The van der Waals surface area contributed by atoms with E-state index < -0.39 is 17.3 Å². The molecule has 22 heavy (non-hydrogen) atoms. The number of alkyl carbamates (subject to hydrolysis) is 1. The molecule has 0 saturated heterocycles. The van der Waals surface area contributed by atoms with E-state index >= 15 is 0 Å². The molecule has 0 aromatic heterocycles. The number of nitrogens with one attached hydrogen (secondary N) is 2. The number of hydrogen-bond acceptors (Lipinski definition) is 4. The first-order valence-corrected chi connectivity index (χ1v) is 7.53. The number of amides is 1. The Morgan fingerprint density at radius 2 is 1.82 bits per heavy atom. The Balaban J connectivity index is 2.70. The molecule has 124 valence electrons. The van der Waals surface area contributed by atoms with Crippen molar-refractivity contribution in [1.29, 1.82) is 0 Å². The van der Waals surface area contributed by atoms with Crippen molar-refractivity contribution in [1.82, 2.24) is 5.32 Å². The summed E-state index contributed by atoms with van der Waals surface area (Å²) in [6.45, 7) is 11.3. The lowest BCUT2D eigenvalue weighted by atomic mass is 10.00. The predicted octanol–water partition coefficient (Wildman–Crippen LogP) is 3.28. The smallest absolute Gasteiger partial charge is 0.407 e. The summed E-state index contributed by atoms with van der Waals surface area (Å²) in [5, 5.41) is 16.1. The summed E-state index contributed by atoms with van der Waals surface area (Å²) in [5.74, 6) is 0. The van der Waals surface area contributed by atoms with Gasteiger partial charge in [-0.3, -0.25) is 0 Å². The number of hydrogen-bond donors (Lipinski definition) is 3. The summed E-state index contributed by atoms with van der Waals surface area (Å²) in [4.78, 5) is 11.7. The van der Waals surface area contributed by atoms with Gasteiger partial charge in [0.2, 0.25) is 0 Å². The first-order valence-electron chi connectivity index (χ1n) is 7.53. The van der Waals surface area contributed by atoms with Gasteiger partial charge in [0.05, 0.1) is 11.6 Å².